The lowest BCUT2D eigenvalue weighted by Crippen LogP contribution is -2.14. The number of hydrogen-bond donors (Lipinski definition) is 0. The molecule has 0 spiro atoms. The highest BCUT2D eigenvalue weighted by Gasteiger charge is 2.20. The van der Waals surface area contributed by atoms with Crippen LogP contribution in [0.4, 0.5) is 0 Å². The molecule has 0 radical (unpaired) electrons. The molecule has 4 heteroatoms. The molecule has 3 aromatic rings. The molecular formula is C19H16N2O2. The van der Waals surface area contributed by atoms with Crippen LogP contribution in [0.25, 0.3) is 22.6 Å². The largest absolute Gasteiger partial charge is 0.496 e. The molecule has 0 N–H and O–H groups in total. The number of aromatic nitrogens is 2. The van der Waals surface area contributed by atoms with E-state index in [1.807, 2.05) is 48.5 Å². The number of fused-ring (bicyclic) bond motifs is 3. The van der Waals surface area contributed by atoms with Crippen LogP contribution in [0.5, 0.6) is 5.75 Å². The van der Waals surface area contributed by atoms with E-state index in [0.29, 0.717) is 5.39 Å². The Balaban J connectivity index is 1.91. The summed E-state index contributed by atoms with van der Waals surface area (Å²) >= 11 is 0. The lowest BCUT2D eigenvalue weighted by atomic mass is 10.1. The van der Waals surface area contributed by atoms with Gasteiger partial charge in [-0.15, -0.1) is 0 Å². The summed E-state index contributed by atoms with van der Waals surface area (Å²) in [5, 5.41) is 0.676. The molecule has 4 rings (SSSR count). The number of ether oxygens (including phenoxy) is 1. The second-order valence-corrected chi connectivity index (χ2v) is 5.57. The topological polar surface area (TPSA) is 44.1 Å². The van der Waals surface area contributed by atoms with Crippen LogP contribution in [0, 0.1) is 0 Å². The molecule has 4 nitrogen and oxygen atoms in total. The number of aryl methyl sites for hydroxylation is 1. The third kappa shape index (κ3) is 2.23. The first-order valence-electron chi connectivity index (χ1n) is 7.61. The SMILES string of the molecule is COc1ccccc1C=C1CCn2c1nc(=O)c1ccccc12. The van der Waals surface area contributed by atoms with Crippen molar-refractivity contribution in [1.29, 1.82) is 0 Å². The van der Waals surface area contributed by atoms with Gasteiger partial charge in [-0.3, -0.25) is 4.79 Å². The number of hydrogen-bond acceptors (Lipinski definition) is 3. The quantitative estimate of drug-likeness (QED) is 0.729. The molecule has 0 fully saturated rings. The number of allylic oxidation sites excluding steroid dienone is 1. The maximum Gasteiger partial charge on any atom is 0.281 e. The van der Waals surface area contributed by atoms with Crippen LogP contribution >= 0.6 is 0 Å². The third-order valence-electron chi connectivity index (χ3n) is 4.25. The predicted molar refractivity (Wildman–Crippen MR) is 91.5 cm³/mol. The van der Waals surface area contributed by atoms with Gasteiger partial charge in [0.2, 0.25) is 0 Å². The van der Waals surface area contributed by atoms with Gasteiger partial charge in [0.1, 0.15) is 11.6 Å². The van der Waals surface area contributed by atoms with Crippen molar-refractivity contribution in [2.24, 2.45) is 0 Å². The maximum absolute atomic E-state index is 12.3. The second kappa shape index (κ2) is 5.39. The molecule has 0 aliphatic carbocycles. The fourth-order valence-corrected chi connectivity index (χ4v) is 3.15. The van der Waals surface area contributed by atoms with Crippen LogP contribution < -0.4 is 10.3 Å². The Morgan fingerprint density at radius 1 is 1.13 bits per heavy atom. The molecule has 114 valence electrons. The summed E-state index contributed by atoms with van der Waals surface area (Å²) in [4.78, 5) is 16.6. The van der Waals surface area contributed by atoms with Crippen molar-refractivity contribution in [1.82, 2.24) is 9.55 Å². The van der Waals surface area contributed by atoms with Crippen molar-refractivity contribution in [3.8, 4) is 5.75 Å². The van der Waals surface area contributed by atoms with Gasteiger partial charge in [0.15, 0.2) is 0 Å². The Morgan fingerprint density at radius 3 is 2.78 bits per heavy atom. The highest BCUT2D eigenvalue weighted by Crippen LogP contribution is 2.31. The molecule has 2 aromatic carbocycles. The summed E-state index contributed by atoms with van der Waals surface area (Å²) in [7, 11) is 1.66. The van der Waals surface area contributed by atoms with Gasteiger partial charge in [-0.1, -0.05) is 30.3 Å². The van der Waals surface area contributed by atoms with Gasteiger partial charge in [-0.05, 0) is 36.3 Å². The molecule has 1 aliphatic heterocycles. The summed E-state index contributed by atoms with van der Waals surface area (Å²) in [5.41, 5.74) is 2.85. The fraction of sp³-hybridized carbons (Fsp3) is 0.158. The molecule has 2 heterocycles. The Labute approximate surface area is 133 Å². The third-order valence-corrected chi connectivity index (χ3v) is 4.25. The zero-order valence-corrected chi connectivity index (χ0v) is 12.8. The van der Waals surface area contributed by atoms with E-state index in [1.54, 1.807) is 7.11 Å². The van der Waals surface area contributed by atoms with Crippen LogP contribution in [0.2, 0.25) is 0 Å². The smallest absolute Gasteiger partial charge is 0.281 e. The normalized spacial score (nSPS) is 15.1. The van der Waals surface area contributed by atoms with Crippen molar-refractivity contribution in [3.05, 3.63) is 70.3 Å². The molecule has 1 aromatic heterocycles. The van der Waals surface area contributed by atoms with Gasteiger partial charge in [-0.25, -0.2) is 0 Å². The van der Waals surface area contributed by atoms with Gasteiger partial charge in [0.05, 0.1) is 18.0 Å². The van der Waals surface area contributed by atoms with E-state index in [4.69, 9.17) is 4.74 Å². The number of benzene rings is 2. The first-order chi connectivity index (χ1) is 11.3. The Hall–Kier alpha value is -2.88. The Morgan fingerprint density at radius 2 is 1.91 bits per heavy atom. The number of nitrogens with zero attached hydrogens (tertiary/aromatic N) is 2. The summed E-state index contributed by atoms with van der Waals surface area (Å²) in [5.74, 6) is 1.58. The first-order valence-corrected chi connectivity index (χ1v) is 7.61. The van der Waals surface area contributed by atoms with Gasteiger partial charge in [0.25, 0.3) is 5.56 Å². The molecule has 0 atom stereocenters. The van der Waals surface area contributed by atoms with Crippen molar-refractivity contribution < 1.29 is 4.74 Å². The van der Waals surface area contributed by atoms with Gasteiger partial charge in [0, 0.05) is 12.1 Å². The van der Waals surface area contributed by atoms with Crippen molar-refractivity contribution in [2.75, 3.05) is 7.11 Å². The van der Waals surface area contributed by atoms with E-state index in [2.05, 4.69) is 15.6 Å². The van der Waals surface area contributed by atoms with Crippen LogP contribution in [-0.2, 0) is 6.54 Å². The lowest BCUT2D eigenvalue weighted by Gasteiger charge is -2.08. The van der Waals surface area contributed by atoms with E-state index < -0.39 is 0 Å². The monoisotopic (exact) mass is 304 g/mol. The zero-order valence-electron chi connectivity index (χ0n) is 12.8. The molecule has 0 saturated heterocycles. The molecule has 0 unspecified atom stereocenters. The number of methoxy groups -OCH3 is 1. The minimum atomic E-state index is -0.167. The van der Waals surface area contributed by atoms with E-state index in [9.17, 15) is 4.79 Å². The standard InChI is InChI=1S/C19H16N2O2/c1-23-17-9-5-2-6-13(17)12-14-10-11-21-16-8-4-3-7-15(16)19(22)20-18(14)21/h2-9,12H,10-11H2,1H3. The van der Waals surface area contributed by atoms with E-state index >= 15 is 0 Å². The molecule has 23 heavy (non-hydrogen) atoms. The summed E-state index contributed by atoms with van der Waals surface area (Å²) in [6, 6.07) is 15.5. The van der Waals surface area contributed by atoms with Crippen LogP contribution in [0.15, 0.2) is 53.3 Å². The first kappa shape index (κ1) is 13.8. The summed E-state index contributed by atoms with van der Waals surface area (Å²) in [6.45, 7) is 0.837. The highest BCUT2D eigenvalue weighted by atomic mass is 16.5. The maximum atomic E-state index is 12.3. The number of rotatable bonds is 2. The predicted octanol–water partition coefficient (Wildman–Crippen LogP) is 3.35. The van der Waals surface area contributed by atoms with Crippen LogP contribution in [0.1, 0.15) is 17.8 Å². The van der Waals surface area contributed by atoms with E-state index in [1.165, 1.54) is 0 Å². The van der Waals surface area contributed by atoms with Crippen molar-refractivity contribution in [3.63, 3.8) is 0 Å². The molecule has 0 saturated carbocycles. The lowest BCUT2D eigenvalue weighted by molar-refractivity contribution is 0.414. The molecule has 0 bridgehead atoms. The van der Waals surface area contributed by atoms with Crippen LogP contribution in [0.3, 0.4) is 0 Å². The zero-order chi connectivity index (χ0) is 15.8. The summed E-state index contributed by atoms with van der Waals surface area (Å²) < 4.78 is 7.53. The fourth-order valence-electron chi connectivity index (χ4n) is 3.15. The molecule has 0 amide bonds. The Kier molecular flexibility index (Phi) is 3.23. The molecular weight excluding hydrogens is 288 g/mol. The highest BCUT2D eigenvalue weighted by molar-refractivity contribution is 5.86. The molecule has 1 aliphatic rings. The average Bonchev–Trinajstić information content (AvgIpc) is 2.99. The van der Waals surface area contributed by atoms with E-state index in [0.717, 1.165) is 41.2 Å². The number of para-hydroxylation sites is 2. The van der Waals surface area contributed by atoms with Gasteiger partial charge in [-0.2, -0.15) is 4.98 Å². The van der Waals surface area contributed by atoms with Crippen LogP contribution in [-0.4, -0.2) is 16.7 Å². The Bertz CT molecular complexity index is 986. The van der Waals surface area contributed by atoms with Crippen molar-refractivity contribution >= 4 is 22.6 Å². The average molecular weight is 304 g/mol. The second-order valence-electron chi connectivity index (χ2n) is 5.57. The minimum Gasteiger partial charge on any atom is -0.496 e. The van der Waals surface area contributed by atoms with Crippen molar-refractivity contribution in [2.45, 2.75) is 13.0 Å². The van der Waals surface area contributed by atoms with E-state index in [-0.39, 0.29) is 5.56 Å². The van der Waals surface area contributed by atoms with Gasteiger partial charge >= 0.3 is 0 Å². The van der Waals surface area contributed by atoms with Gasteiger partial charge < -0.3 is 9.30 Å². The summed E-state index contributed by atoms with van der Waals surface area (Å²) in [6.07, 6.45) is 2.93. The minimum absolute atomic E-state index is 0.167.